The van der Waals surface area contributed by atoms with Crippen molar-refractivity contribution in [2.24, 2.45) is 5.41 Å². The summed E-state index contributed by atoms with van der Waals surface area (Å²) in [6.45, 7) is 2.43. The summed E-state index contributed by atoms with van der Waals surface area (Å²) >= 11 is 0. The van der Waals surface area contributed by atoms with E-state index in [9.17, 15) is 26.4 Å². The minimum atomic E-state index is -4.53. The zero-order chi connectivity index (χ0) is 19.2. The van der Waals surface area contributed by atoms with Crippen LogP contribution < -0.4 is 4.74 Å². The van der Waals surface area contributed by atoms with Gasteiger partial charge in [0.05, 0.1) is 17.7 Å². The molecule has 0 aromatic carbocycles. The molecule has 0 bridgehead atoms. The van der Waals surface area contributed by atoms with E-state index < -0.39 is 27.8 Å². The van der Waals surface area contributed by atoms with Gasteiger partial charge in [-0.15, -0.1) is 0 Å². The maximum atomic E-state index is 12.5. The minimum Gasteiger partial charge on any atom is -0.479 e. The summed E-state index contributed by atoms with van der Waals surface area (Å²) in [6.07, 6.45) is -3.19. The first-order valence-corrected chi connectivity index (χ1v) is 10.0. The third kappa shape index (κ3) is 3.94. The van der Waals surface area contributed by atoms with E-state index in [0.717, 1.165) is 18.3 Å². The summed E-state index contributed by atoms with van der Waals surface area (Å²) in [7, 11) is -2.91. The summed E-state index contributed by atoms with van der Waals surface area (Å²) in [6, 6.07) is 1.93. The number of rotatable bonds is 3. The number of carbonyl (C=O) groups excluding carboxylic acids is 1. The Morgan fingerprint density at radius 3 is 2.35 bits per heavy atom. The summed E-state index contributed by atoms with van der Waals surface area (Å²) in [4.78, 5) is 17.4. The molecule has 1 spiro atoms. The molecule has 2 aliphatic heterocycles. The number of aromatic nitrogens is 1. The highest BCUT2D eigenvalue weighted by Gasteiger charge is 2.50. The molecule has 1 atom stereocenters. The molecule has 3 heterocycles. The molecule has 1 amide bonds. The second-order valence-corrected chi connectivity index (χ2v) is 9.06. The lowest BCUT2D eigenvalue weighted by atomic mass is 9.81. The average Bonchev–Trinajstić information content (AvgIpc) is 2.52. The largest absolute Gasteiger partial charge is 0.479 e. The first-order valence-electron chi connectivity index (χ1n) is 8.19. The lowest BCUT2D eigenvalue weighted by molar-refractivity contribution is -0.142. The molecule has 10 heteroatoms. The van der Waals surface area contributed by atoms with E-state index in [1.807, 2.05) is 0 Å². The Labute approximate surface area is 149 Å². The van der Waals surface area contributed by atoms with Crippen molar-refractivity contribution in [3.63, 3.8) is 0 Å². The molecule has 0 N–H and O–H groups in total. The highest BCUT2D eigenvalue weighted by atomic mass is 32.2. The van der Waals surface area contributed by atoms with Gasteiger partial charge in [0, 0.05) is 18.5 Å². The van der Waals surface area contributed by atoms with Crippen molar-refractivity contribution in [3.05, 3.63) is 24.0 Å². The molecule has 26 heavy (non-hydrogen) atoms. The quantitative estimate of drug-likeness (QED) is 0.785. The first-order chi connectivity index (χ1) is 12.0. The van der Waals surface area contributed by atoms with Crippen molar-refractivity contribution >= 4 is 15.7 Å². The molecule has 1 unspecified atom stereocenters. The smallest absolute Gasteiger partial charge is 0.433 e. The third-order valence-electron chi connectivity index (χ3n) is 4.88. The maximum absolute atomic E-state index is 12.5. The van der Waals surface area contributed by atoms with Gasteiger partial charge in [-0.3, -0.25) is 4.79 Å². The van der Waals surface area contributed by atoms with Gasteiger partial charge in [-0.05, 0) is 31.9 Å². The van der Waals surface area contributed by atoms with Gasteiger partial charge in [-0.2, -0.15) is 13.2 Å². The number of ether oxygens (including phenoxy) is 1. The predicted molar refractivity (Wildman–Crippen MR) is 86.2 cm³/mol. The second-order valence-electron chi connectivity index (χ2n) is 6.99. The van der Waals surface area contributed by atoms with Gasteiger partial charge in [0.25, 0.3) is 5.91 Å². The van der Waals surface area contributed by atoms with Gasteiger partial charge in [-0.25, -0.2) is 13.4 Å². The van der Waals surface area contributed by atoms with Crippen molar-refractivity contribution in [3.8, 4) is 5.75 Å². The van der Waals surface area contributed by atoms with E-state index in [4.69, 9.17) is 4.74 Å². The number of hydrogen-bond donors (Lipinski definition) is 0. The number of nitrogens with zero attached hydrogens (tertiary/aromatic N) is 2. The summed E-state index contributed by atoms with van der Waals surface area (Å²) < 4.78 is 65.7. The number of carbonyl (C=O) groups is 1. The van der Waals surface area contributed by atoms with Crippen LogP contribution in [0.15, 0.2) is 18.3 Å². The lowest BCUT2D eigenvalue weighted by Gasteiger charge is -2.47. The molecule has 2 fully saturated rings. The monoisotopic (exact) mass is 392 g/mol. The molecule has 2 aliphatic rings. The van der Waals surface area contributed by atoms with Crippen molar-refractivity contribution in [2.75, 3.05) is 24.6 Å². The van der Waals surface area contributed by atoms with Crippen LogP contribution in [0.4, 0.5) is 13.2 Å². The number of pyridine rings is 1. The molecule has 144 valence electrons. The minimum absolute atomic E-state index is 0.0809. The molecular formula is C16H19F3N2O4S. The molecule has 0 aliphatic carbocycles. The fourth-order valence-electron chi connectivity index (χ4n) is 3.51. The first kappa shape index (κ1) is 18.9. The number of sulfone groups is 1. The Balaban J connectivity index is 1.54. The molecule has 1 aromatic heterocycles. The van der Waals surface area contributed by atoms with Crippen LogP contribution in [0.1, 0.15) is 25.5 Å². The van der Waals surface area contributed by atoms with Gasteiger partial charge in [0.2, 0.25) is 0 Å². The Hall–Kier alpha value is -1.84. The van der Waals surface area contributed by atoms with Crippen LogP contribution >= 0.6 is 0 Å². The standard InChI is InChI=1S/C16H19F3N2O4S/c1-11(25-12-2-3-13(20-8-12)16(17,18)19)14(22)21-6-4-15(5-7-21)9-26(23,24)10-15/h2-3,8,11H,4-7,9-10H2,1H3. The Morgan fingerprint density at radius 2 is 1.88 bits per heavy atom. The number of halogens is 3. The van der Waals surface area contributed by atoms with Crippen molar-refractivity contribution < 1.29 is 31.1 Å². The lowest BCUT2D eigenvalue weighted by Crippen LogP contribution is -2.56. The van der Waals surface area contributed by atoms with E-state index in [0.29, 0.717) is 25.9 Å². The number of amides is 1. The molecule has 2 saturated heterocycles. The molecule has 1 aromatic rings. The van der Waals surface area contributed by atoms with Gasteiger partial charge >= 0.3 is 6.18 Å². The van der Waals surface area contributed by atoms with Crippen LogP contribution in [0.2, 0.25) is 0 Å². The average molecular weight is 392 g/mol. The van der Waals surface area contributed by atoms with Crippen LogP contribution in [0.5, 0.6) is 5.75 Å². The van der Waals surface area contributed by atoms with E-state index >= 15 is 0 Å². The molecule has 0 saturated carbocycles. The fourth-order valence-corrected chi connectivity index (χ4v) is 5.87. The Bertz CT molecular complexity index is 771. The molecule has 0 radical (unpaired) electrons. The molecule has 3 rings (SSSR count). The maximum Gasteiger partial charge on any atom is 0.433 e. The highest BCUT2D eigenvalue weighted by molar-refractivity contribution is 7.92. The van der Waals surface area contributed by atoms with Gasteiger partial charge < -0.3 is 9.64 Å². The van der Waals surface area contributed by atoms with Crippen LogP contribution in [0, 0.1) is 5.41 Å². The third-order valence-corrected chi connectivity index (χ3v) is 6.98. The Morgan fingerprint density at radius 1 is 1.27 bits per heavy atom. The summed E-state index contributed by atoms with van der Waals surface area (Å²) in [5.74, 6) is 0.177. The van der Waals surface area contributed by atoms with E-state index in [1.165, 1.54) is 6.92 Å². The SMILES string of the molecule is CC(Oc1ccc(C(F)(F)F)nc1)C(=O)N1CCC2(CC1)CS(=O)(=O)C2. The van der Waals surface area contributed by atoms with Crippen LogP contribution in [0.3, 0.4) is 0 Å². The van der Waals surface area contributed by atoms with Crippen LogP contribution in [-0.2, 0) is 20.8 Å². The summed E-state index contributed by atoms with van der Waals surface area (Å²) in [5, 5.41) is 0. The topological polar surface area (TPSA) is 76.6 Å². The van der Waals surface area contributed by atoms with Crippen molar-refractivity contribution in [2.45, 2.75) is 32.0 Å². The van der Waals surface area contributed by atoms with Crippen LogP contribution in [-0.4, -0.2) is 54.9 Å². The fraction of sp³-hybridized carbons (Fsp3) is 0.625. The second kappa shape index (κ2) is 6.40. The Kier molecular flexibility index (Phi) is 4.66. The number of piperidine rings is 1. The molecular weight excluding hydrogens is 373 g/mol. The number of hydrogen-bond acceptors (Lipinski definition) is 5. The predicted octanol–water partition coefficient (Wildman–Crippen LogP) is 1.90. The summed E-state index contributed by atoms with van der Waals surface area (Å²) in [5.41, 5.74) is -1.22. The van der Waals surface area contributed by atoms with E-state index in [1.54, 1.807) is 4.90 Å². The highest BCUT2D eigenvalue weighted by Crippen LogP contribution is 2.42. The number of alkyl halides is 3. The zero-order valence-corrected chi connectivity index (χ0v) is 14.9. The van der Waals surface area contributed by atoms with Crippen molar-refractivity contribution in [1.29, 1.82) is 0 Å². The van der Waals surface area contributed by atoms with Gasteiger partial charge in [0.15, 0.2) is 15.9 Å². The normalized spacial score (nSPS) is 22.5. The van der Waals surface area contributed by atoms with Gasteiger partial charge in [0.1, 0.15) is 11.4 Å². The van der Waals surface area contributed by atoms with E-state index in [-0.39, 0.29) is 28.6 Å². The zero-order valence-electron chi connectivity index (χ0n) is 14.1. The van der Waals surface area contributed by atoms with Crippen molar-refractivity contribution in [1.82, 2.24) is 9.88 Å². The molecule has 6 nitrogen and oxygen atoms in total. The van der Waals surface area contributed by atoms with Crippen LogP contribution in [0.25, 0.3) is 0 Å². The van der Waals surface area contributed by atoms with E-state index in [2.05, 4.69) is 4.98 Å². The van der Waals surface area contributed by atoms with Gasteiger partial charge in [-0.1, -0.05) is 0 Å². The number of likely N-dealkylation sites (tertiary alicyclic amines) is 1.